The lowest BCUT2D eigenvalue weighted by Gasteiger charge is -2.10. The first-order chi connectivity index (χ1) is 10.1. The van der Waals surface area contributed by atoms with Gasteiger partial charge in [0, 0.05) is 0 Å². The van der Waals surface area contributed by atoms with Gasteiger partial charge in [-0.1, -0.05) is 54.6 Å². The fraction of sp³-hybridized carbons (Fsp3) is 0.176. The number of carbonyl (C=O) groups is 2. The van der Waals surface area contributed by atoms with Crippen molar-refractivity contribution in [1.82, 2.24) is 0 Å². The molecule has 0 bridgehead atoms. The molecule has 0 aliphatic heterocycles. The molecule has 108 valence electrons. The Morgan fingerprint density at radius 2 is 1.43 bits per heavy atom. The molecule has 0 saturated heterocycles. The Morgan fingerprint density at radius 1 is 0.857 bits per heavy atom. The molecule has 2 aromatic carbocycles. The van der Waals surface area contributed by atoms with E-state index in [0.29, 0.717) is 0 Å². The second-order valence-electron chi connectivity index (χ2n) is 4.90. The highest BCUT2D eigenvalue weighted by Gasteiger charge is 2.21. The van der Waals surface area contributed by atoms with Gasteiger partial charge in [0.2, 0.25) is 0 Å². The summed E-state index contributed by atoms with van der Waals surface area (Å²) in [4.78, 5) is 21.7. The van der Waals surface area contributed by atoms with E-state index in [1.807, 2.05) is 54.6 Å². The average Bonchev–Trinajstić information content (AvgIpc) is 2.48. The molecule has 4 heteroatoms. The first-order valence-corrected chi connectivity index (χ1v) is 6.65. The fourth-order valence-corrected chi connectivity index (χ4v) is 2.21. The van der Waals surface area contributed by atoms with Crippen LogP contribution in [-0.4, -0.2) is 22.2 Å². The van der Waals surface area contributed by atoms with E-state index < -0.39 is 17.9 Å². The number of carboxylic acid groups (broad SMARTS) is 2. The van der Waals surface area contributed by atoms with E-state index in [1.165, 1.54) is 0 Å². The summed E-state index contributed by atoms with van der Waals surface area (Å²) in [5, 5.41) is 17.8. The van der Waals surface area contributed by atoms with E-state index in [-0.39, 0.29) is 12.8 Å². The number of benzene rings is 2. The minimum Gasteiger partial charge on any atom is -0.481 e. The van der Waals surface area contributed by atoms with Crippen LogP contribution in [0, 0.1) is 5.92 Å². The largest absolute Gasteiger partial charge is 0.481 e. The van der Waals surface area contributed by atoms with Crippen molar-refractivity contribution >= 4 is 11.9 Å². The van der Waals surface area contributed by atoms with Crippen LogP contribution in [0.4, 0.5) is 0 Å². The van der Waals surface area contributed by atoms with E-state index >= 15 is 0 Å². The number of aliphatic carboxylic acids is 2. The molecule has 0 aliphatic rings. The van der Waals surface area contributed by atoms with E-state index in [9.17, 15) is 9.59 Å². The van der Waals surface area contributed by atoms with Gasteiger partial charge in [-0.2, -0.15) is 0 Å². The molecule has 2 N–H and O–H groups in total. The molecular formula is C17H16O4. The van der Waals surface area contributed by atoms with Crippen molar-refractivity contribution in [3.63, 3.8) is 0 Å². The van der Waals surface area contributed by atoms with Crippen LogP contribution >= 0.6 is 0 Å². The lowest BCUT2D eigenvalue weighted by molar-refractivity contribution is -0.148. The Bertz CT molecular complexity index is 617. The van der Waals surface area contributed by atoms with Gasteiger partial charge in [-0.05, 0) is 23.1 Å². The molecule has 0 saturated carbocycles. The van der Waals surface area contributed by atoms with Crippen molar-refractivity contribution in [1.29, 1.82) is 0 Å². The number of hydrogen-bond acceptors (Lipinski definition) is 2. The van der Waals surface area contributed by atoms with Crippen LogP contribution in [0.2, 0.25) is 0 Å². The maximum Gasteiger partial charge on any atom is 0.307 e. The molecule has 0 radical (unpaired) electrons. The van der Waals surface area contributed by atoms with Crippen molar-refractivity contribution in [3.8, 4) is 11.1 Å². The van der Waals surface area contributed by atoms with Crippen molar-refractivity contribution in [2.45, 2.75) is 12.8 Å². The van der Waals surface area contributed by atoms with Crippen LogP contribution < -0.4 is 0 Å². The van der Waals surface area contributed by atoms with E-state index in [0.717, 1.165) is 16.7 Å². The molecule has 0 aromatic heterocycles. The first kappa shape index (κ1) is 14.8. The monoisotopic (exact) mass is 284 g/mol. The Balaban J connectivity index is 2.11. The van der Waals surface area contributed by atoms with Crippen molar-refractivity contribution < 1.29 is 19.8 Å². The zero-order valence-corrected chi connectivity index (χ0v) is 11.4. The van der Waals surface area contributed by atoms with Gasteiger partial charge in [0.1, 0.15) is 0 Å². The SMILES string of the molecule is O=C(O)CC(Cc1ccc(-c2ccccc2)cc1)C(=O)O. The predicted octanol–water partition coefficient (Wildman–Crippen LogP) is 3.07. The maximum absolute atomic E-state index is 11.1. The van der Waals surface area contributed by atoms with Gasteiger partial charge >= 0.3 is 11.9 Å². The quantitative estimate of drug-likeness (QED) is 0.854. The molecule has 2 aromatic rings. The zero-order chi connectivity index (χ0) is 15.2. The Hall–Kier alpha value is -2.62. The Kier molecular flexibility index (Phi) is 4.72. The van der Waals surface area contributed by atoms with Gasteiger partial charge in [-0.25, -0.2) is 0 Å². The molecule has 1 atom stereocenters. The number of hydrogen-bond donors (Lipinski definition) is 2. The summed E-state index contributed by atoms with van der Waals surface area (Å²) in [5.74, 6) is -3.07. The maximum atomic E-state index is 11.1. The fourth-order valence-electron chi connectivity index (χ4n) is 2.21. The third kappa shape index (κ3) is 4.18. The van der Waals surface area contributed by atoms with Crippen LogP contribution in [0.15, 0.2) is 54.6 Å². The second kappa shape index (κ2) is 6.70. The van der Waals surface area contributed by atoms with Crippen LogP contribution in [0.25, 0.3) is 11.1 Å². The highest BCUT2D eigenvalue weighted by Crippen LogP contribution is 2.21. The smallest absolute Gasteiger partial charge is 0.307 e. The average molecular weight is 284 g/mol. The van der Waals surface area contributed by atoms with Gasteiger partial charge in [-0.15, -0.1) is 0 Å². The van der Waals surface area contributed by atoms with Crippen LogP contribution in [0.3, 0.4) is 0 Å². The Morgan fingerprint density at radius 3 is 1.95 bits per heavy atom. The molecular weight excluding hydrogens is 268 g/mol. The zero-order valence-electron chi connectivity index (χ0n) is 11.4. The molecule has 1 unspecified atom stereocenters. The minimum absolute atomic E-state index is 0.219. The number of rotatable bonds is 6. The first-order valence-electron chi connectivity index (χ1n) is 6.65. The van der Waals surface area contributed by atoms with Crippen LogP contribution in [-0.2, 0) is 16.0 Å². The lowest BCUT2D eigenvalue weighted by Crippen LogP contribution is -2.20. The minimum atomic E-state index is -1.09. The van der Waals surface area contributed by atoms with Gasteiger partial charge in [0.05, 0.1) is 12.3 Å². The molecule has 0 fully saturated rings. The highest BCUT2D eigenvalue weighted by molar-refractivity contribution is 5.78. The standard InChI is InChI=1S/C17H16O4/c18-16(19)11-15(17(20)21)10-12-6-8-14(9-7-12)13-4-2-1-3-5-13/h1-9,15H,10-11H2,(H,18,19)(H,20,21). The molecule has 21 heavy (non-hydrogen) atoms. The van der Waals surface area contributed by atoms with E-state index in [1.54, 1.807) is 0 Å². The summed E-state index contributed by atoms with van der Waals surface area (Å²) in [6.07, 6.45) is -0.146. The van der Waals surface area contributed by atoms with Crippen molar-refractivity contribution in [3.05, 3.63) is 60.2 Å². The predicted molar refractivity (Wildman–Crippen MR) is 79.0 cm³/mol. The van der Waals surface area contributed by atoms with Crippen LogP contribution in [0.1, 0.15) is 12.0 Å². The summed E-state index contributed by atoms with van der Waals surface area (Å²) in [5.41, 5.74) is 2.96. The van der Waals surface area contributed by atoms with Crippen LogP contribution in [0.5, 0.6) is 0 Å². The van der Waals surface area contributed by atoms with E-state index in [2.05, 4.69) is 0 Å². The Labute approximate surface area is 122 Å². The van der Waals surface area contributed by atoms with E-state index in [4.69, 9.17) is 10.2 Å². The lowest BCUT2D eigenvalue weighted by atomic mass is 9.95. The van der Waals surface area contributed by atoms with Crippen molar-refractivity contribution in [2.24, 2.45) is 5.92 Å². The van der Waals surface area contributed by atoms with Gasteiger partial charge in [-0.3, -0.25) is 9.59 Å². The summed E-state index contributed by atoms with van der Waals surface area (Å²) in [6.45, 7) is 0. The third-order valence-electron chi connectivity index (χ3n) is 3.31. The van der Waals surface area contributed by atoms with Gasteiger partial charge in [0.25, 0.3) is 0 Å². The van der Waals surface area contributed by atoms with Gasteiger partial charge in [0.15, 0.2) is 0 Å². The summed E-state index contributed by atoms with van der Waals surface area (Å²) in [7, 11) is 0. The van der Waals surface area contributed by atoms with Gasteiger partial charge < -0.3 is 10.2 Å². The normalized spacial score (nSPS) is 11.8. The molecule has 0 amide bonds. The summed E-state index contributed by atoms with van der Waals surface area (Å²) < 4.78 is 0. The summed E-state index contributed by atoms with van der Waals surface area (Å²) in [6, 6.07) is 17.4. The topological polar surface area (TPSA) is 74.6 Å². The highest BCUT2D eigenvalue weighted by atomic mass is 16.4. The molecule has 0 spiro atoms. The molecule has 0 heterocycles. The number of carboxylic acids is 2. The molecule has 4 nitrogen and oxygen atoms in total. The summed E-state index contributed by atoms with van der Waals surface area (Å²) >= 11 is 0. The third-order valence-corrected chi connectivity index (χ3v) is 3.31. The van der Waals surface area contributed by atoms with Crippen molar-refractivity contribution in [2.75, 3.05) is 0 Å². The second-order valence-corrected chi connectivity index (χ2v) is 4.90. The molecule has 2 rings (SSSR count). The molecule has 0 aliphatic carbocycles.